The van der Waals surface area contributed by atoms with Gasteiger partial charge in [-0.3, -0.25) is 4.99 Å². The molecule has 0 aliphatic heterocycles. The minimum Gasteiger partial charge on any atom is -0.361 e. The van der Waals surface area contributed by atoms with Crippen LogP contribution in [0.5, 0.6) is 0 Å². The maximum atomic E-state index is 6.11. The molecule has 0 bridgehead atoms. The Bertz CT molecular complexity index is 896. The van der Waals surface area contributed by atoms with Gasteiger partial charge in [-0.15, -0.1) is 11.3 Å². The van der Waals surface area contributed by atoms with E-state index in [1.54, 1.807) is 18.4 Å². The van der Waals surface area contributed by atoms with E-state index in [4.69, 9.17) is 11.6 Å². The van der Waals surface area contributed by atoms with Gasteiger partial charge in [0.05, 0.1) is 17.2 Å². The summed E-state index contributed by atoms with van der Waals surface area (Å²) in [5, 5.41) is 9.73. The molecule has 0 atom stereocenters. The largest absolute Gasteiger partial charge is 0.361 e. The molecular weight excluding hydrogens is 354 g/mol. The number of benzene rings is 1. The van der Waals surface area contributed by atoms with Gasteiger partial charge in [-0.25, -0.2) is 4.98 Å². The Morgan fingerprint density at radius 3 is 2.88 bits per heavy atom. The Hall–Kier alpha value is -2.05. The van der Waals surface area contributed by atoms with Crippen molar-refractivity contribution >= 4 is 39.8 Å². The van der Waals surface area contributed by atoms with Crippen LogP contribution < -0.4 is 10.6 Å². The number of aryl methyl sites for hydroxylation is 2. The van der Waals surface area contributed by atoms with Gasteiger partial charge >= 0.3 is 0 Å². The molecule has 1 aromatic carbocycles. The third-order valence-electron chi connectivity index (χ3n) is 4.06. The average molecular weight is 376 g/mol. The van der Waals surface area contributed by atoms with Crippen molar-refractivity contribution in [3.63, 3.8) is 0 Å². The molecule has 132 valence electrons. The van der Waals surface area contributed by atoms with Crippen LogP contribution in [0.15, 0.2) is 29.4 Å². The van der Waals surface area contributed by atoms with Crippen LogP contribution in [0.25, 0.3) is 10.9 Å². The van der Waals surface area contributed by atoms with Gasteiger partial charge < -0.3 is 15.6 Å². The Labute approximate surface area is 156 Å². The molecule has 3 rings (SSSR count). The molecule has 0 saturated carbocycles. The SMILES string of the molecule is CN=C(NCCc1c[nH]c2ccc(Cl)cc12)NCc1sc(C)nc1C. The number of rotatable bonds is 5. The Balaban J connectivity index is 1.54. The molecular formula is C18H22ClN5S. The minimum atomic E-state index is 0.736. The van der Waals surface area contributed by atoms with Gasteiger partial charge in [0.15, 0.2) is 5.96 Å². The number of aromatic amines is 1. The lowest BCUT2D eigenvalue weighted by atomic mass is 10.1. The molecule has 0 saturated heterocycles. The van der Waals surface area contributed by atoms with E-state index >= 15 is 0 Å². The van der Waals surface area contributed by atoms with E-state index < -0.39 is 0 Å². The Kier molecular flexibility index (Phi) is 5.60. The van der Waals surface area contributed by atoms with Gasteiger partial charge in [-0.1, -0.05) is 11.6 Å². The monoisotopic (exact) mass is 375 g/mol. The average Bonchev–Trinajstić information content (AvgIpc) is 3.13. The number of aliphatic imine (C=N–C) groups is 1. The first-order valence-electron chi connectivity index (χ1n) is 8.19. The summed E-state index contributed by atoms with van der Waals surface area (Å²) in [6, 6.07) is 5.91. The van der Waals surface area contributed by atoms with E-state index in [2.05, 4.69) is 25.6 Å². The standard InChI is InChI=1S/C18H22ClN5S/c1-11-17(25-12(2)24-11)10-23-18(20-3)21-7-6-13-9-22-16-5-4-14(19)8-15(13)16/h4-5,8-9,22H,6-7,10H2,1-3H3,(H2,20,21,23). The van der Waals surface area contributed by atoms with E-state index in [0.717, 1.165) is 46.7 Å². The van der Waals surface area contributed by atoms with Gasteiger partial charge in [0.2, 0.25) is 0 Å². The van der Waals surface area contributed by atoms with Crippen LogP contribution in [-0.2, 0) is 13.0 Å². The van der Waals surface area contributed by atoms with Crippen LogP contribution in [-0.4, -0.2) is 29.5 Å². The fraction of sp³-hybridized carbons (Fsp3) is 0.333. The van der Waals surface area contributed by atoms with Crippen LogP contribution in [0.1, 0.15) is 21.1 Å². The quantitative estimate of drug-likeness (QED) is 0.469. The molecule has 25 heavy (non-hydrogen) atoms. The lowest BCUT2D eigenvalue weighted by Crippen LogP contribution is -2.37. The fourth-order valence-corrected chi connectivity index (χ4v) is 3.84. The summed E-state index contributed by atoms with van der Waals surface area (Å²) in [5.41, 5.74) is 3.44. The summed E-state index contributed by atoms with van der Waals surface area (Å²) < 4.78 is 0. The molecule has 5 nitrogen and oxygen atoms in total. The van der Waals surface area contributed by atoms with Crippen molar-refractivity contribution in [2.45, 2.75) is 26.8 Å². The molecule has 2 heterocycles. The van der Waals surface area contributed by atoms with E-state index in [9.17, 15) is 0 Å². The van der Waals surface area contributed by atoms with Crippen molar-refractivity contribution in [2.24, 2.45) is 4.99 Å². The summed E-state index contributed by atoms with van der Waals surface area (Å²) in [6.07, 6.45) is 2.93. The molecule has 0 radical (unpaired) electrons. The molecule has 0 aliphatic carbocycles. The fourth-order valence-electron chi connectivity index (χ4n) is 2.80. The first-order chi connectivity index (χ1) is 12.1. The van der Waals surface area contributed by atoms with Crippen molar-refractivity contribution < 1.29 is 0 Å². The lowest BCUT2D eigenvalue weighted by Gasteiger charge is -2.11. The number of fused-ring (bicyclic) bond motifs is 1. The van der Waals surface area contributed by atoms with Crippen molar-refractivity contribution in [3.05, 3.63) is 50.6 Å². The molecule has 3 N–H and O–H groups in total. The zero-order valence-electron chi connectivity index (χ0n) is 14.6. The zero-order valence-corrected chi connectivity index (χ0v) is 16.2. The normalized spacial score (nSPS) is 11.9. The van der Waals surface area contributed by atoms with Gasteiger partial charge in [0, 0.05) is 40.6 Å². The maximum absolute atomic E-state index is 6.11. The topological polar surface area (TPSA) is 65.1 Å². The molecule has 7 heteroatoms. The van der Waals surface area contributed by atoms with Crippen LogP contribution in [0.3, 0.4) is 0 Å². The van der Waals surface area contributed by atoms with E-state index in [-0.39, 0.29) is 0 Å². The van der Waals surface area contributed by atoms with Crippen LogP contribution in [0.4, 0.5) is 0 Å². The van der Waals surface area contributed by atoms with Crippen LogP contribution in [0.2, 0.25) is 5.02 Å². The van der Waals surface area contributed by atoms with Crippen LogP contribution >= 0.6 is 22.9 Å². The number of H-pyrrole nitrogens is 1. The second kappa shape index (κ2) is 7.89. The molecule has 0 unspecified atom stereocenters. The predicted molar refractivity (Wildman–Crippen MR) is 107 cm³/mol. The number of guanidine groups is 1. The van der Waals surface area contributed by atoms with Crippen molar-refractivity contribution in [3.8, 4) is 0 Å². The maximum Gasteiger partial charge on any atom is 0.191 e. The predicted octanol–water partition coefficient (Wildman–Crippen LogP) is 3.80. The molecule has 0 aliphatic rings. The molecule has 0 amide bonds. The Morgan fingerprint density at radius 1 is 1.32 bits per heavy atom. The first kappa shape index (κ1) is 17.8. The molecule has 0 fully saturated rings. The van der Waals surface area contributed by atoms with Gasteiger partial charge in [-0.05, 0) is 44.0 Å². The third kappa shape index (κ3) is 4.32. The highest BCUT2D eigenvalue weighted by molar-refractivity contribution is 7.11. The third-order valence-corrected chi connectivity index (χ3v) is 5.36. The Morgan fingerprint density at radius 2 is 2.16 bits per heavy atom. The number of halogens is 1. The summed E-state index contributed by atoms with van der Waals surface area (Å²) in [6.45, 7) is 5.60. The molecule has 0 spiro atoms. The van der Waals surface area contributed by atoms with E-state index in [1.165, 1.54) is 15.8 Å². The molecule has 3 aromatic rings. The van der Waals surface area contributed by atoms with E-state index in [0.29, 0.717) is 0 Å². The number of hydrogen-bond donors (Lipinski definition) is 3. The van der Waals surface area contributed by atoms with Crippen LogP contribution in [0, 0.1) is 13.8 Å². The summed E-state index contributed by atoms with van der Waals surface area (Å²) in [5.74, 6) is 0.795. The van der Waals surface area contributed by atoms with Gasteiger partial charge in [0.1, 0.15) is 0 Å². The highest BCUT2D eigenvalue weighted by Gasteiger charge is 2.07. The number of thiazole rings is 1. The highest BCUT2D eigenvalue weighted by atomic mass is 35.5. The first-order valence-corrected chi connectivity index (χ1v) is 9.39. The number of hydrogen-bond acceptors (Lipinski definition) is 3. The summed E-state index contributed by atoms with van der Waals surface area (Å²) in [4.78, 5) is 13.3. The van der Waals surface area contributed by atoms with Crippen molar-refractivity contribution in [1.82, 2.24) is 20.6 Å². The van der Waals surface area contributed by atoms with Crippen molar-refractivity contribution in [2.75, 3.05) is 13.6 Å². The zero-order chi connectivity index (χ0) is 17.8. The summed E-state index contributed by atoms with van der Waals surface area (Å²) >= 11 is 7.82. The molecule has 2 aromatic heterocycles. The number of aromatic nitrogens is 2. The highest BCUT2D eigenvalue weighted by Crippen LogP contribution is 2.22. The number of nitrogens with one attached hydrogen (secondary N) is 3. The minimum absolute atomic E-state index is 0.736. The van der Waals surface area contributed by atoms with Crippen molar-refractivity contribution in [1.29, 1.82) is 0 Å². The van der Waals surface area contributed by atoms with E-state index in [1.807, 2.05) is 38.2 Å². The van der Waals surface area contributed by atoms with Gasteiger partial charge in [-0.2, -0.15) is 0 Å². The second-order valence-corrected chi connectivity index (χ2v) is 7.57. The smallest absolute Gasteiger partial charge is 0.191 e. The van der Waals surface area contributed by atoms with Gasteiger partial charge in [0.25, 0.3) is 0 Å². The summed E-state index contributed by atoms with van der Waals surface area (Å²) in [7, 11) is 1.78. The second-order valence-electron chi connectivity index (χ2n) is 5.85. The lowest BCUT2D eigenvalue weighted by molar-refractivity contribution is 0.798. The number of nitrogens with zero attached hydrogens (tertiary/aromatic N) is 2.